The Morgan fingerprint density at radius 1 is 0.720 bits per heavy atom. The van der Waals surface area contributed by atoms with Gasteiger partial charge in [0.05, 0.1) is 0 Å². The van der Waals surface area contributed by atoms with Crippen LogP contribution >= 0.6 is 12.4 Å². The van der Waals surface area contributed by atoms with Crippen molar-refractivity contribution < 1.29 is 0 Å². The summed E-state index contributed by atoms with van der Waals surface area (Å²) < 4.78 is 0. The van der Waals surface area contributed by atoms with Gasteiger partial charge in [0.2, 0.25) is 0 Å². The third-order valence-corrected chi connectivity index (χ3v) is 5.01. The number of halogens is 1. The molecule has 0 aliphatic heterocycles. The molecule has 0 unspecified atom stereocenters. The van der Waals surface area contributed by atoms with E-state index in [1.165, 1.54) is 94.6 Å². The number of hydrogen-bond acceptors (Lipinski definition) is 1. The van der Waals surface area contributed by atoms with Gasteiger partial charge in [-0.2, -0.15) is 0 Å². The molecule has 25 heavy (non-hydrogen) atoms. The quantitative estimate of drug-likeness (QED) is 0.337. The molecular formula is C23H42ClN. The molecule has 0 aliphatic carbocycles. The van der Waals surface area contributed by atoms with Crippen molar-refractivity contribution >= 4 is 12.4 Å². The molecule has 0 bridgehead atoms. The Morgan fingerprint density at radius 2 is 1.16 bits per heavy atom. The van der Waals surface area contributed by atoms with Crippen LogP contribution in [0, 0.1) is 0 Å². The van der Waals surface area contributed by atoms with Gasteiger partial charge in [-0.25, -0.2) is 0 Å². The normalized spacial score (nSPS) is 11.4. The van der Waals surface area contributed by atoms with Crippen molar-refractivity contribution in [1.29, 1.82) is 0 Å². The monoisotopic (exact) mass is 367 g/mol. The predicted octanol–water partition coefficient (Wildman–Crippen LogP) is 7.55. The lowest BCUT2D eigenvalue weighted by molar-refractivity contribution is 0.535. The third kappa shape index (κ3) is 11.7. The van der Waals surface area contributed by atoms with E-state index in [0.717, 1.165) is 0 Å². The molecule has 0 aliphatic rings. The van der Waals surface area contributed by atoms with Gasteiger partial charge in [0.25, 0.3) is 0 Å². The average Bonchev–Trinajstić information content (AvgIpc) is 2.55. The summed E-state index contributed by atoms with van der Waals surface area (Å²) in [5.41, 5.74) is 8.82. The third-order valence-electron chi connectivity index (χ3n) is 5.01. The highest BCUT2D eigenvalue weighted by atomic mass is 35.5. The minimum Gasteiger partial charge on any atom is -0.322 e. The molecule has 0 amide bonds. The summed E-state index contributed by atoms with van der Waals surface area (Å²) in [7, 11) is 0. The SMILES string of the molecule is CCCCCCCCCCCCCCc1ccccc1C(C)(C)N.Cl. The Labute approximate surface area is 163 Å². The second-order valence-corrected chi connectivity index (χ2v) is 8.02. The molecule has 1 rings (SSSR count). The zero-order chi connectivity index (χ0) is 17.7. The second kappa shape index (κ2) is 14.6. The first kappa shape index (κ1) is 24.5. The molecule has 146 valence electrons. The Kier molecular flexibility index (Phi) is 14.3. The number of rotatable bonds is 14. The maximum absolute atomic E-state index is 6.29. The van der Waals surface area contributed by atoms with E-state index in [1.807, 2.05) is 0 Å². The Bertz CT molecular complexity index is 422. The molecule has 1 nitrogen and oxygen atoms in total. The number of nitrogens with two attached hydrogens (primary N) is 1. The summed E-state index contributed by atoms with van der Waals surface area (Å²) in [6.45, 7) is 6.50. The summed E-state index contributed by atoms with van der Waals surface area (Å²) in [5.74, 6) is 0. The fourth-order valence-corrected chi connectivity index (χ4v) is 3.52. The Morgan fingerprint density at radius 3 is 1.64 bits per heavy atom. The predicted molar refractivity (Wildman–Crippen MR) is 116 cm³/mol. The molecule has 0 saturated carbocycles. The average molecular weight is 368 g/mol. The first-order valence-electron chi connectivity index (χ1n) is 10.4. The van der Waals surface area contributed by atoms with E-state index in [2.05, 4.69) is 45.0 Å². The van der Waals surface area contributed by atoms with Gasteiger partial charge in [0, 0.05) is 5.54 Å². The fourth-order valence-electron chi connectivity index (χ4n) is 3.52. The van der Waals surface area contributed by atoms with Crippen molar-refractivity contribution in [2.75, 3.05) is 0 Å². The summed E-state index contributed by atoms with van der Waals surface area (Å²) in [5, 5.41) is 0. The van der Waals surface area contributed by atoms with Crippen LogP contribution in [0.1, 0.15) is 109 Å². The minimum atomic E-state index is -0.228. The van der Waals surface area contributed by atoms with Crippen LogP contribution in [-0.2, 0) is 12.0 Å². The summed E-state index contributed by atoms with van der Waals surface area (Å²) in [6, 6.07) is 8.69. The molecule has 1 aromatic rings. The van der Waals surface area contributed by atoms with Crippen LogP contribution in [0.2, 0.25) is 0 Å². The molecule has 0 heterocycles. The van der Waals surface area contributed by atoms with Crippen LogP contribution in [-0.4, -0.2) is 0 Å². The Hall–Kier alpha value is -0.530. The topological polar surface area (TPSA) is 26.0 Å². The van der Waals surface area contributed by atoms with E-state index in [-0.39, 0.29) is 17.9 Å². The molecule has 0 atom stereocenters. The molecule has 0 spiro atoms. The molecule has 2 heteroatoms. The first-order chi connectivity index (χ1) is 11.6. The largest absolute Gasteiger partial charge is 0.322 e. The lowest BCUT2D eigenvalue weighted by Gasteiger charge is -2.23. The number of benzene rings is 1. The van der Waals surface area contributed by atoms with Gasteiger partial charge in [-0.3, -0.25) is 0 Å². The zero-order valence-corrected chi connectivity index (χ0v) is 17.8. The maximum atomic E-state index is 6.29. The van der Waals surface area contributed by atoms with Crippen molar-refractivity contribution in [2.24, 2.45) is 5.73 Å². The van der Waals surface area contributed by atoms with Crippen LogP contribution < -0.4 is 5.73 Å². The van der Waals surface area contributed by atoms with Crippen LogP contribution in [0.3, 0.4) is 0 Å². The van der Waals surface area contributed by atoms with E-state index in [0.29, 0.717) is 0 Å². The molecule has 1 aromatic carbocycles. The van der Waals surface area contributed by atoms with Gasteiger partial charge in [0.15, 0.2) is 0 Å². The van der Waals surface area contributed by atoms with Crippen LogP contribution in [0.25, 0.3) is 0 Å². The van der Waals surface area contributed by atoms with E-state index in [9.17, 15) is 0 Å². The van der Waals surface area contributed by atoms with E-state index >= 15 is 0 Å². The lowest BCUT2D eigenvalue weighted by atomic mass is 9.89. The molecule has 2 N–H and O–H groups in total. The lowest BCUT2D eigenvalue weighted by Crippen LogP contribution is -2.30. The van der Waals surface area contributed by atoms with Gasteiger partial charge in [-0.1, -0.05) is 102 Å². The molecule has 0 radical (unpaired) electrons. The van der Waals surface area contributed by atoms with Gasteiger partial charge in [-0.15, -0.1) is 12.4 Å². The second-order valence-electron chi connectivity index (χ2n) is 8.02. The summed E-state index contributed by atoms with van der Waals surface area (Å²) in [4.78, 5) is 0. The van der Waals surface area contributed by atoms with Crippen molar-refractivity contribution in [1.82, 2.24) is 0 Å². The maximum Gasteiger partial charge on any atom is 0.0355 e. The van der Waals surface area contributed by atoms with Crippen LogP contribution in [0.5, 0.6) is 0 Å². The minimum absolute atomic E-state index is 0. The zero-order valence-electron chi connectivity index (χ0n) is 17.0. The van der Waals surface area contributed by atoms with Gasteiger partial charge >= 0.3 is 0 Å². The highest BCUT2D eigenvalue weighted by Crippen LogP contribution is 2.23. The van der Waals surface area contributed by atoms with E-state index < -0.39 is 0 Å². The van der Waals surface area contributed by atoms with Crippen molar-refractivity contribution in [3.8, 4) is 0 Å². The standard InChI is InChI=1S/C23H41N.ClH/c1-4-5-6-7-8-9-10-11-12-13-14-15-18-21-19-16-17-20-22(21)23(2,3)24;/h16-17,19-20H,4-15,18,24H2,1-3H3;1H. The van der Waals surface area contributed by atoms with Crippen molar-refractivity contribution in [2.45, 2.75) is 110 Å². The van der Waals surface area contributed by atoms with Crippen molar-refractivity contribution in [3.05, 3.63) is 35.4 Å². The fraction of sp³-hybridized carbons (Fsp3) is 0.739. The van der Waals surface area contributed by atoms with Gasteiger partial charge in [-0.05, 0) is 37.8 Å². The molecule has 0 fully saturated rings. The first-order valence-corrected chi connectivity index (χ1v) is 10.4. The highest BCUT2D eigenvalue weighted by molar-refractivity contribution is 5.85. The number of unbranched alkanes of at least 4 members (excludes halogenated alkanes) is 11. The molecule has 0 aromatic heterocycles. The highest BCUT2D eigenvalue weighted by Gasteiger charge is 2.17. The van der Waals surface area contributed by atoms with E-state index in [4.69, 9.17) is 5.73 Å². The van der Waals surface area contributed by atoms with E-state index in [1.54, 1.807) is 0 Å². The van der Waals surface area contributed by atoms with Gasteiger partial charge < -0.3 is 5.73 Å². The molecular weight excluding hydrogens is 326 g/mol. The number of hydrogen-bond donors (Lipinski definition) is 1. The number of aryl methyl sites for hydroxylation is 1. The van der Waals surface area contributed by atoms with Crippen LogP contribution in [0.15, 0.2) is 24.3 Å². The Balaban J connectivity index is 0.00000576. The smallest absolute Gasteiger partial charge is 0.0355 e. The summed E-state index contributed by atoms with van der Waals surface area (Å²) >= 11 is 0. The summed E-state index contributed by atoms with van der Waals surface area (Å²) in [6.07, 6.45) is 18.1. The van der Waals surface area contributed by atoms with Crippen LogP contribution in [0.4, 0.5) is 0 Å². The molecule has 0 saturated heterocycles. The van der Waals surface area contributed by atoms with Gasteiger partial charge in [0.1, 0.15) is 0 Å². The van der Waals surface area contributed by atoms with Crippen molar-refractivity contribution in [3.63, 3.8) is 0 Å².